The van der Waals surface area contributed by atoms with Gasteiger partial charge in [-0.15, -0.1) is 0 Å². The van der Waals surface area contributed by atoms with E-state index in [0.717, 1.165) is 42.5 Å². The van der Waals surface area contributed by atoms with Crippen molar-refractivity contribution in [1.82, 2.24) is 14.7 Å². The molecule has 0 radical (unpaired) electrons. The Kier molecular flexibility index (Phi) is 4.91. The number of nitrogens with zero attached hydrogens (tertiary/aromatic N) is 3. The van der Waals surface area contributed by atoms with Crippen LogP contribution in [0, 0.1) is 5.92 Å². The highest BCUT2D eigenvalue weighted by molar-refractivity contribution is 7.09. The molecule has 5 nitrogen and oxygen atoms in total. The van der Waals surface area contributed by atoms with Crippen LogP contribution in [0.1, 0.15) is 26.7 Å². The number of rotatable bonds is 4. The van der Waals surface area contributed by atoms with E-state index in [9.17, 15) is 4.79 Å². The SMILES string of the molecule is CC(C)C(=O)NC1CCCN(c2nc(-c3ccccc3)ns2)C1. The van der Waals surface area contributed by atoms with Gasteiger partial charge in [0.15, 0.2) is 5.82 Å². The zero-order valence-corrected chi connectivity index (χ0v) is 14.3. The Hall–Kier alpha value is -1.95. The predicted octanol–water partition coefficient (Wildman–Crippen LogP) is 2.95. The van der Waals surface area contributed by atoms with Crippen molar-refractivity contribution >= 4 is 22.6 Å². The molecule has 1 unspecified atom stereocenters. The lowest BCUT2D eigenvalue weighted by Crippen LogP contribution is -2.48. The fraction of sp³-hybridized carbons (Fsp3) is 0.471. The Morgan fingerprint density at radius 3 is 2.87 bits per heavy atom. The normalized spacial score (nSPS) is 18.2. The van der Waals surface area contributed by atoms with Crippen LogP contribution < -0.4 is 10.2 Å². The van der Waals surface area contributed by atoms with Crippen LogP contribution in [0.4, 0.5) is 5.13 Å². The van der Waals surface area contributed by atoms with E-state index in [2.05, 4.69) is 19.6 Å². The van der Waals surface area contributed by atoms with E-state index in [1.54, 1.807) is 0 Å². The summed E-state index contributed by atoms with van der Waals surface area (Å²) in [5.74, 6) is 0.926. The zero-order valence-electron chi connectivity index (χ0n) is 13.5. The van der Waals surface area contributed by atoms with Gasteiger partial charge in [-0.3, -0.25) is 4.79 Å². The maximum absolute atomic E-state index is 11.9. The number of amides is 1. The van der Waals surface area contributed by atoms with Gasteiger partial charge in [0, 0.05) is 42.1 Å². The summed E-state index contributed by atoms with van der Waals surface area (Å²) in [4.78, 5) is 18.8. The van der Waals surface area contributed by atoms with E-state index in [1.807, 2.05) is 44.2 Å². The van der Waals surface area contributed by atoms with Gasteiger partial charge in [-0.1, -0.05) is 44.2 Å². The van der Waals surface area contributed by atoms with Crippen molar-refractivity contribution < 1.29 is 4.79 Å². The van der Waals surface area contributed by atoms with Crippen LogP contribution in [-0.4, -0.2) is 34.4 Å². The highest BCUT2D eigenvalue weighted by atomic mass is 32.1. The minimum absolute atomic E-state index is 0.0246. The van der Waals surface area contributed by atoms with E-state index in [1.165, 1.54) is 11.5 Å². The number of carbonyl (C=O) groups is 1. The second kappa shape index (κ2) is 7.08. The van der Waals surface area contributed by atoms with Crippen LogP contribution in [0.2, 0.25) is 0 Å². The summed E-state index contributed by atoms with van der Waals surface area (Å²) in [6.45, 7) is 5.62. The minimum atomic E-state index is 0.0246. The molecule has 3 rings (SSSR count). The Bertz CT molecular complexity index is 656. The first-order valence-corrected chi connectivity index (χ1v) is 8.85. The third-order valence-corrected chi connectivity index (χ3v) is 4.79. The van der Waals surface area contributed by atoms with Crippen molar-refractivity contribution in [3.63, 3.8) is 0 Å². The summed E-state index contributed by atoms with van der Waals surface area (Å²) >= 11 is 1.43. The first-order chi connectivity index (χ1) is 11.1. The van der Waals surface area contributed by atoms with Crippen LogP contribution in [0.3, 0.4) is 0 Å². The fourth-order valence-electron chi connectivity index (χ4n) is 2.68. The number of piperidine rings is 1. The topological polar surface area (TPSA) is 58.1 Å². The van der Waals surface area contributed by atoms with Crippen LogP contribution in [0.25, 0.3) is 11.4 Å². The van der Waals surface area contributed by atoms with Gasteiger partial charge >= 0.3 is 0 Å². The van der Waals surface area contributed by atoms with Gasteiger partial charge in [-0.25, -0.2) is 0 Å². The Labute approximate surface area is 140 Å². The van der Waals surface area contributed by atoms with Crippen molar-refractivity contribution in [3.05, 3.63) is 30.3 Å². The molecule has 1 amide bonds. The lowest BCUT2D eigenvalue weighted by molar-refractivity contribution is -0.124. The third kappa shape index (κ3) is 3.88. The summed E-state index contributed by atoms with van der Waals surface area (Å²) in [5, 5.41) is 4.07. The lowest BCUT2D eigenvalue weighted by Gasteiger charge is -2.33. The Balaban J connectivity index is 1.67. The van der Waals surface area contributed by atoms with E-state index in [0.29, 0.717) is 0 Å². The molecule has 1 aromatic carbocycles. The van der Waals surface area contributed by atoms with Gasteiger partial charge < -0.3 is 10.2 Å². The van der Waals surface area contributed by atoms with Gasteiger partial charge in [0.05, 0.1) is 0 Å². The molecule has 0 spiro atoms. The van der Waals surface area contributed by atoms with Crippen molar-refractivity contribution in [3.8, 4) is 11.4 Å². The third-order valence-electron chi connectivity index (χ3n) is 4.01. The molecule has 1 atom stereocenters. The maximum Gasteiger partial charge on any atom is 0.222 e. The second-order valence-corrected chi connectivity index (χ2v) is 6.95. The van der Waals surface area contributed by atoms with Crippen molar-refractivity contribution in [2.75, 3.05) is 18.0 Å². The molecule has 1 fully saturated rings. The molecule has 1 aromatic heterocycles. The molecule has 6 heteroatoms. The average molecular weight is 330 g/mol. The largest absolute Gasteiger partial charge is 0.351 e. The van der Waals surface area contributed by atoms with Crippen molar-refractivity contribution in [1.29, 1.82) is 0 Å². The Morgan fingerprint density at radius 1 is 1.35 bits per heavy atom. The van der Waals surface area contributed by atoms with Crippen molar-refractivity contribution in [2.45, 2.75) is 32.7 Å². The first kappa shape index (κ1) is 15.9. The number of hydrogen-bond donors (Lipinski definition) is 1. The summed E-state index contributed by atoms with van der Waals surface area (Å²) in [7, 11) is 0. The average Bonchev–Trinajstić information content (AvgIpc) is 3.06. The highest BCUT2D eigenvalue weighted by Gasteiger charge is 2.24. The molecule has 0 bridgehead atoms. The first-order valence-electron chi connectivity index (χ1n) is 8.08. The summed E-state index contributed by atoms with van der Waals surface area (Å²) in [6.07, 6.45) is 2.09. The molecular weight excluding hydrogens is 308 g/mol. The minimum Gasteiger partial charge on any atom is -0.351 e. The van der Waals surface area contributed by atoms with E-state index >= 15 is 0 Å². The molecule has 1 aliphatic heterocycles. The van der Waals surface area contributed by atoms with E-state index in [4.69, 9.17) is 0 Å². The molecule has 1 N–H and O–H groups in total. The van der Waals surface area contributed by atoms with Crippen LogP contribution in [0.15, 0.2) is 30.3 Å². The summed E-state index contributed by atoms with van der Waals surface area (Å²) in [6, 6.07) is 10.2. The number of nitrogens with one attached hydrogen (secondary N) is 1. The van der Waals surface area contributed by atoms with Gasteiger partial charge in [-0.2, -0.15) is 9.36 Å². The maximum atomic E-state index is 11.9. The van der Waals surface area contributed by atoms with Crippen LogP contribution >= 0.6 is 11.5 Å². The highest BCUT2D eigenvalue weighted by Crippen LogP contribution is 2.26. The van der Waals surface area contributed by atoms with Gasteiger partial charge in [-0.05, 0) is 12.8 Å². The van der Waals surface area contributed by atoms with Gasteiger partial charge in [0.1, 0.15) is 0 Å². The number of hydrogen-bond acceptors (Lipinski definition) is 5. The number of anilines is 1. The Morgan fingerprint density at radius 2 is 2.13 bits per heavy atom. The zero-order chi connectivity index (χ0) is 16.2. The molecule has 1 aliphatic rings. The molecule has 2 heterocycles. The molecule has 0 saturated carbocycles. The quantitative estimate of drug-likeness (QED) is 0.936. The molecular formula is C17H22N4OS. The van der Waals surface area contributed by atoms with Crippen LogP contribution in [0.5, 0.6) is 0 Å². The van der Waals surface area contributed by atoms with E-state index in [-0.39, 0.29) is 17.9 Å². The molecule has 0 aliphatic carbocycles. The van der Waals surface area contributed by atoms with E-state index < -0.39 is 0 Å². The second-order valence-electron chi connectivity index (χ2n) is 6.22. The predicted molar refractivity (Wildman–Crippen MR) is 93.6 cm³/mol. The number of carbonyl (C=O) groups excluding carboxylic acids is 1. The molecule has 1 saturated heterocycles. The van der Waals surface area contributed by atoms with Crippen molar-refractivity contribution in [2.24, 2.45) is 5.92 Å². The lowest BCUT2D eigenvalue weighted by atomic mass is 10.1. The molecule has 2 aromatic rings. The van der Waals surface area contributed by atoms with Gasteiger partial charge in [0.2, 0.25) is 11.0 Å². The molecule has 122 valence electrons. The monoisotopic (exact) mass is 330 g/mol. The number of benzene rings is 1. The summed E-state index contributed by atoms with van der Waals surface area (Å²) in [5.41, 5.74) is 1.04. The van der Waals surface area contributed by atoms with Crippen LogP contribution in [-0.2, 0) is 4.79 Å². The molecule has 23 heavy (non-hydrogen) atoms. The van der Waals surface area contributed by atoms with Gasteiger partial charge in [0.25, 0.3) is 0 Å². The number of aromatic nitrogens is 2. The summed E-state index contributed by atoms with van der Waals surface area (Å²) < 4.78 is 4.48. The standard InChI is InChI=1S/C17H22N4OS/c1-12(2)16(22)18-14-9-6-10-21(11-14)17-19-15(20-23-17)13-7-4-3-5-8-13/h3-5,7-8,12,14H,6,9-11H2,1-2H3,(H,18,22). The fourth-order valence-corrected chi connectivity index (χ4v) is 3.41. The smallest absolute Gasteiger partial charge is 0.222 e.